The number of nitrogen functional groups attached to an aromatic ring is 1. The van der Waals surface area contributed by atoms with Gasteiger partial charge in [-0.15, -0.1) is 0 Å². The normalized spacial score (nSPS) is 21.2. The number of likely N-dealkylation sites (tertiary alicyclic amines) is 1. The number of nitrogens with zero attached hydrogens (tertiary/aromatic N) is 5. The maximum Gasteiger partial charge on any atom is 0.276 e. The van der Waals surface area contributed by atoms with Gasteiger partial charge in [0.05, 0.1) is 0 Å². The Hall–Kier alpha value is -3.45. The minimum Gasteiger partial charge on any atom is -0.382 e. The molecule has 0 saturated carbocycles. The van der Waals surface area contributed by atoms with Crippen molar-refractivity contribution in [3.8, 4) is 6.07 Å². The van der Waals surface area contributed by atoms with E-state index in [4.69, 9.17) is 5.73 Å². The second-order valence-electron chi connectivity index (χ2n) is 7.28. The molecule has 144 valence electrons. The average molecular weight is 380 g/mol. The lowest BCUT2D eigenvalue weighted by Crippen LogP contribution is -2.57. The monoisotopic (exact) mass is 380 g/mol. The van der Waals surface area contributed by atoms with E-state index in [0.717, 1.165) is 13.0 Å². The fraction of sp³-hybridized carbons (Fsp3) is 0.389. The zero-order chi connectivity index (χ0) is 20.1. The van der Waals surface area contributed by atoms with Crippen LogP contribution in [0.2, 0.25) is 0 Å². The molecule has 1 unspecified atom stereocenters. The Morgan fingerprint density at radius 2 is 2.18 bits per heavy atom. The van der Waals surface area contributed by atoms with Gasteiger partial charge in [-0.3, -0.25) is 14.2 Å². The van der Waals surface area contributed by atoms with Gasteiger partial charge in [0.2, 0.25) is 0 Å². The highest BCUT2D eigenvalue weighted by molar-refractivity contribution is 5.97. The molecule has 1 fully saturated rings. The molecule has 10 heteroatoms. The van der Waals surface area contributed by atoms with Crippen LogP contribution in [-0.4, -0.2) is 45.5 Å². The summed E-state index contributed by atoms with van der Waals surface area (Å²) >= 11 is 0. The smallest absolute Gasteiger partial charge is 0.276 e. The second-order valence-corrected chi connectivity index (χ2v) is 7.28. The quantitative estimate of drug-likeness (QED) is 0.674. The van der Waals surface area contributed by atoms with Gasteiger partial charge in [-0.1, -0.05) is 0 Å². The van der Waals surface area contributed by atoms with Crippen LogP contribution in [0, 0.1) is 18.3 Å². The van der Waals surface area contributed by atoms with E-state index in [-0.39, 0.29) is 34.4 Å². The Morgan fingerprint density at radius 3 is 2.89 bits per heavy atom. The van der Waals surface area contributed by atoms with E-state index >= 15 is 0 Å². The van der Waals surface area contributed by atoms with Gasteiger partial charge in [-0.25, -0.2) is 9.97 Å². The Balaban J connectivity index is 1.87. The van der Waals surface area contributed by atoms with Gasteiger partial charge in [0.1, 0.15) is 40.8 Å². The lowest BCUT2D eigenvalue weighted by Gasteiger charge is -2.39. The fourth-order valence-electron chi connectivity index (χ4n) is 4.11. The number of likely N-dealkylation sites (N-methyl/N-ethyl adjacent to an activating group) is 1. The minimum absolute atomic E-state index is 0.0280. The van der Waals surface area contributed by atoms with E-state index < -0.39 is 5.66 Å². The van der Waals surface area contributed by atoms with Crippen LogP contribution in [0.1, 0.15) is 34.5 Å². The van der Waals surface area contributed by atoms with Crippen molar-refractivity contribution in [3.63, 3.8) is 0 Å². The molecule has 4 rings (SSSR count). The standard InChI is InChI=1S/C18H20N8O2/c1-10-6-12(23-15-11(7-19)14(20)21-9-22-15)17(28)26-13(10)16(27)24-18(26)4-3-5-25(2)8-18/h6,9H,3-5,8H2,1-2H3,(H,24,27)(H3,20,21,22,23). The molecular weight excluding hydrogens is 360 g/mol. The number of anilines is 3. The molecule has 1 spiro atoms. The van der Waals surface area contributed by atoms with Crippen molar-refractivity contribution < 1.29 is 4.79 Å². The topological polar surface area (TPSA) is 142 Å². The summed E-state index contributed by atoms with van der Waals surface area (Å²) in [7, 11) is 1.97. The van der Waals surface area contributed by atoms with E-state index in [1.807, 2.05) is 13.1 Å². The first-order chi connectivity index (χ1) is 13.4. The van der Waals surface area contributed by atoms with Gasteiger partial charge in [0.15, 0.2) is 5.82 Å². The number of nitriles is 1. The zero-order valence-electron chi connectivity index (χ0n) is 15.6. The fourth-order valence-corrected chi connectivity index (χ4v) is 4.11. The zero-order valence-corrected chi connectivity index (χ0v) is 15.6. The lowest BCUT2D eigenvalue weighted by atomic mass is 9.98. The number of hydrogen-bond acceptors (Lipinski definition) is 8. The van der Waals surface area contributed by atoms with Crippen molar-refractivity contribution in [1.82, 2.24) is 24.8 Å². The second kappa shape index (κ2) is 6.31. The number of nitrogens with one attached hydrogen (secondary N) is 2. The average Bonchev–Trinajstić information content (AvgIpc) is 2.91. The molecule has 2 aliphatic heterocycles. The van der Waals surface area contributed by atoms with E-state index in [9.17, 15) is 14.9 Å². The Kier molecular flexibility index (Phi) is 4.05. The first-order valence-electron chi connectivity index (χ1n) is 8.92. The number of rotatable bonds is 2. The molecule has 4 N–H and O–H groups in total. The van der Waals surface area contributed by atoms with E-state index in [2.05, 4.69) is 25.5 Å². The number of piperidine rings is 1. The largest absolute Gasteiger partial charge is 0.382 e. The van der Waals surface area contributed by atoms with Crippen LogP contribution < -0.4 is 21.9 Å². The Labute approximate surface area is 161 Å². The third-order valence-corrected chi connectivity index (χ3v) is 5.28. The van der Waals surface area contributed by atoms with Gasteiger partial charge in [0.25, 0.3) is 11.5 Å². The van der Waals surface area contributed by atoms with Crippen molar-refractivity contribution in [2.45, 2.75) is 25.4 Å². The summed E-state index contributed by atoms with van der Waals surface area (Å²) in [6, 6.07) is 3.54. The lowest BCUT2D eigenvalue weighted by molar-refractivity contribution is 0.0755. The minimum atomic E-state index is -0.776. The van der Waals surface area contributed by atoms with Crippen LogP contribution in [-0.2, 0) is 5.66 Å². The number of aromatic nitrogens is 3. The van der Waals surface area contributed by atoms with Gasteiger partial charge in [0, 0.05) is 6.54 Å². The number of aryl methyl sites for hydroxylation is 1. The number of nitrogens with two attached hydrogens (primary N) is 1. The number of amides is 1. The summed E-state index contributed by atoms with van der Waals surface area (Å²) in [5.41, 5.74) is 5.91. The predicted molar refractivity (Wildman–Crippen MR) is 102 cm³/mol. The molecule has 2 aromatic heterocycles. The molecule has 1 saturated heterocycles. The highest BCUT2D eigenvalue weighted by Crippen LogP contribution is 2.33. The summed E-state index contributed by atoms with van der Waals surface area (Å²) in [6.07, 6.45) is 2.75. The molecule has 0 aliphatic carbocycles. The molecular formula is C18H20N8O2. The van der Waals surface area contributed by atoms with Crippen LogP contribution in [0.3, 0.4) is 0 Å². The molecule has 1 atom stereocenters. The molecule has 0 radical (unpaired) electrons. The maximum absolute atomic E-state index is 13.4. The SMILES string of the molecule is Cc1cc(Nc2ncnc(N)c2C#N)c(=O)n2c1C(=O)NC21CCCN(C)C1. The van der Waals surface area contributed by atoms with Crippen molar-refractivity contribution in [2.75, 3.05) is 31.2 Å². The third kappa shape index (κ3) is 2.59. The van der Waals surface area contributed by atoms with Crippen molar-refractivity contribution in [3.05, 3.63) is 39.6 Å². The first-order valence-corrected chi connectivity index (χ1v) is 8.92. The van der Waals surface area contributed by atoms with Crippen LogP contribution in [0.25, 0.3) is 0 Å². The van der Waals surface area contributed by atoms with Crippen molar-refractivity contribution >= 4 is 23.2 Å². The maximum atomic E-state index is 13.4. The van der Waals surface area contributed by atoms with Crippen LogP contribution >= 0.6 is 0 Å². The van der Waals surface area contributed by atoms with Gasteiger partial charge < -0.3 is 21.3 Å². The summed E-state index contributed by atoms with van der Waals surface area (Å²) in [6.45, 7) is 3.23. The molecule has 0 bridgehead atoms. The van der Waals surface area contributed by atoms with Crippen molar-refractivity contribution in [1.29, 1.82) is 5.26 Å². The number of pyridine rings is 1. The number of hydrogen-bond donors (Lipinski definition) is 3. The molecule has 2 aliphatic rings. The van der Waals surface area contributed by atoms with Gasteiger partial charge in [-0.05, 0) is 45.0 Å². The van der Waals surface area contributed by atoms with E-state index in [1.54, 1.807) is 17.6 Å². The van der Waals surface area contributed by atoms with Gasteiger partial charge in [-0.2, -0.15) is 5.26 Å². The third-order valence-electron chi connectivity index (χ3n) is 5.28. The molecule has 1 amide bonds. The van der Waals surface area contributed by atoms with E-state index in [1.165, 1.54) is 6.33 Å². The number of carbonyl (C=O) groups excluding carboxylic acids is 1. The van der Waals surface area contributed by atoms with Gasteiger partial charge >= 0.3 is 0 Å². The highest BCUT2D eigenvalue weighted by atomic mass is 16.2. The summed E-state index contributed by atoms with van der Waals surface area (Å²) in [4.78, 5) is 35.9. The summed E-state index contributed by atoms with van der Waals surface area (Å²) in [5, 5.41) is 15.3. The molecule has 0 aromatic carbocycles. The Morgan fingerprint density at radius 1 is 1.39 bits per heavy atom. The highest BCUT2D eigenvalue weighted by Gasteiger charge is 2.46. The van der Waals surface area contributed by atoms with Crippen LogP contribution in [0.5, 0.6) is 0 Å². The molecule has 10 nitrogen and oxygen atoms in total. The Bertz CT molecular complexity index is 1090. The van der Waals surface area contributed by atoms with Crippen molar-refractivity contribution in [2.24, 2.45) is 0 Å². The summed E-state index contributed by atoms with van der Waals surface area (Å²) < 4.78 is 1.55. The molecule has 4 heterocycles. The number of carbonyl (C=O) groups is 1. The van der Waals surface area contributed by atoms with Crippen LogP contribution in [0.4, 0.5) is 17.3 Å². The predicted octanol–water partition coefficient (Wildman–Crippen LogP) is 0.266. The first kappa shape index (κ1) is 17.9. The molecule has 2 aromatic rings. The number of fused-ring (bicyclic) bond motifs is 2. The molecule has 28 heavy (non-hydrogen) atoms. The summed E-state index contributed by atoms with van der Waals surface area (Å²) in [5.74, 6) is -0.0696. The van der Waals surface area contributed by atoms with Crippen LogP contribution in [0.15, 0.2) is 17.2 Å². The van der Waals surface area contributed by atoms with E-state index in [0.29, 0.717) is 24.2 Å².